The highest BCUT2D eigenvalue weighted by Gasteiger charge is 2.35. The van der Waals surface area contributed by atoms with Gasteiger partial charge in [-0.2, -0.15) is 0 Å². The van der Waals surface area contributed by atoms with Gasteiger partial charge in [0.15, 0.2) is 0 Å². The summed E-state index contributed by atoms with van der Waals surface area (Å²) >= 11 is 6.27. The second-order valence-electron chi connectivity index (χ2n) is 14.5. The molecule has 6 rings (SSSR count). The molecule has 0 saturated heterocycles. The van der Waals surface area contributed by atoms with E-state index >= 15 is 0 Å². The van der Waals surface area contributed by atoms with Crippen LogP contribution in [0.1, 0.15) is 81.6 Å². The lowest BCUT2D eigenvalue weighted by Gasteiger charge is -2.33. The van der Waals surface area contributed by atoms with Crippen molar-refractivity contribution < 1.29 is 23.9 Å². The Morgan fingerprint density at radius 1 is 0.911 bits per heavy atom. The number of hydrogen-bond acceptors (Lipinski definition) is 7. The highest BCUT2D eigenvalue weighted by Crippen LogP contribution is 2.45. The molecule has 8 nitrogen and oxygen atoms in total. The molecule has 4 aromatic carbocycles. The molecular weight excluding hydrogens is 807 g/mol. The zero-order chi connectivity index (χ0) is 39.8. The molecular formula is C45H44BrN3O5S2. The van der Waals surface area contributed by atoms with E-state index in [1.165, 1.54) is 23.1 Å². The van der Waals surface area contributed by atoms with Gasteiger partial charge in [0.2, 0.25) is 5.91 Å². The van der Waals surface area contributed by atoms with Crippen LogP contribution in [0.25, 0.3) is 6.08 Å². The number of halogens is 1. The van der Waals surface area contributed by atoms with E-state index in [-0.39, 0.29) is 23.6 Å². The van der Waals surface area contributed by atoms with E-state index in [4.69, 9.17) is 4.74 Å². The minimum atomic E-state index is -0.698. The van der Waals surface area contributed by atoms with Crippen LogP contribution in [0.5, 0.6) is 0 Å². The predicted molar refractivity (Wildman–Crippen MR) is 230 cm³/mol. The Bertz CT molecular complexity index is 2250. The van der Waals surface area contributed by atoms with Crippen LogP contribution < -0.4 is 16.0 Å². The van der Waals surface area contributed by atoms with Gasteiger partial charge in [-0.3, -0.25) is 14.4 Å². The number of rotatable bonds is 12. The highest BCUT2D eigenvalue weighted by atomic mass is 79.9. The Morgan fingerprint density at radius 3 is 2.32 bits per heavy atom. The summed E-state index contributed by atoms with van der Waals surface area (Å²) in [5.74, 6) is -1.18. The molecule has 0 spiro atoms. The second kappa shape index (κ2) is 18.3. The van der Waals surface area contributed by atoms with Crippen molar-refractivity contribution in [2.45, 2.75) is 57.1 Å². The molecule has 1 aliphatic rings. The van der Waals surface area contributed by atoms with Crippen molar-refractivity contribution in [3.8, 4) is 0 Å². The molecule has 0 saturated carbocycles. The Balaban J connectivity index is 1.26. The smallest absolute Gasteiger partial charge is 0.341 e. The fourth-order valence-corrected chi connectivity index (χ4v) is 9.42. The number of hydrogen-bond donors (Lipinski definition) is 3. The summed E-state index contributed by atoms with van der Waals surface area (Å²) < 4.78 is 6.33. The van der Waals surface area contributed by atoms with Crippen LogP contribution >= 0.6 is 39.0 Å². The normalized spacial score (nSPS) is 14.6. The van der Waals surface area contributed by atoms with Crippen LogP contribution in [0.4, 0.5) is 10.7 Å². The van der Waals surface area contributed by atoms with Crippen molar-refractivity contribution in [1.29, 1.82) is 0 Å². The molecule has 2 unspecified atom stereocenters. The first-order valence-corrected chi connectivity index (χ1v) is 21.0. The van der Waals surface area contributed by atoms with E-state index in [0.29, 0.717) is 33.3 Å². The standard InChI is InChI=1S/C45H44BrN3O5S2/c1-5-54-44(53)38-35-23-22-31(45(2,3)4)26-37(35)56-43(38)49-42(52)39(29-15-8-6-9-16-29)55-34-21-13-20-33(27-34)47-41(51)36(25-28-14-12-19-32(46)24-28)48-40(50)30-17-10-7-11-18-30/h6-21,24-25,27,31,39H,5,22-23,26H2,1-4H3,(H,47,51)(H,48,50)(H,49,52)/b36-25+. The first-order chi connectivity index (χ1) is 26.9. The zero-order valence-corrected chi connectivity index (χ0v) is 34.9. The summed E-state index contributed by atoms with van der Waals surface area (Å²) in [5.41, 5.74) is 3.99. The molecule has 5 aromatic rings. The first kappa shape index (κ1) is 40.7. The Labute approximate surface area is 344 Å². The molecule has 11 heteroatoms. The molecule has 0 radical (unpaired) electrons. The second-order valence-corrected chi connectivity index (χ2v) is 17.7. The van der Waals surface area contributed by atoms with E-state index in [0.717, 1.165) is 44.6 Å². The minimum Gasteiger partial charge on any atom is -0.462 e. The van der Waals surface area contributed by atoms with Crippen molar-refractivity contribution in [1.82, 2.24) is 5.32 Å². The minimum absolute atomic E-state index is 0.0569. The number of amides is 3. The average molecular weight is 851 g/mol. The van der Waals surface area contributed by atoms with Gasteiger partial charge in [-0.1, -0.05) is 103 Å². The highest BCUT2D eigenvalue weighted by molar-refractivity contribution is 9.10. The molecule has 1 aromatic heterocycles. The number of benzene rings is 4. The third kappa shape index (κ3) is 10.3. The van der Waals surface area contributed by atoms with Crippen LogP contribution in [0.2, 0.25) is 0 Å². The summed E-state index contributed by atoms with van der Waals surface area (Å²) in [6, 6.07) is 32.8. The first-order valence-electron chi connectivity index (χ1n) is 18.5. The number of carbonyl (C=O) groups is 4. The molecule has 288 valence electrons. The quantitative estimate of drug-likeness (QED) is 0.0655. The van der Waals surface area contributed by atoms with E-state index in [1.54, 1.807) is 55.5 Å². The van der Waals surface area contributed by atoms with Gasteiger partial charge in [-0.15, -0.1) is 23.1 Å². The molecule has 1 aliphatic carbocycles. The number of thiophene rings is 1. The molecule has 0 aliphatic heterocycles. The molecule has 2 atom stereocenters. The SMILES string of the molecule is CCOC(=O)c1c(NC(=O)C(Sc2cccc(NC(=O)/C(=C\c3cccc(Br)c3)NC(=O)c3ccccc3)c2)c2ccccc2)sc2c1CCC(C(C)(C)C)C2. The van der Waals surface area contributed by atoms with Crippen molar-refractivity contribution in [3.05, 3.63) is 152 Å². The Kier molecular flexibility index (Phi) is 13.3. The summed E-state index contributed by atoms with van der Waals surface area (Å²) in [5, 5.41) is 8.66. The molecule has 3 N–H and O–H groups in total. The molecule has 0 fully saturated rings. The molecule has 1 heterocycles. The third-order valence-electron chi connectivity index (χ3n) is 9.58. The number of esters is 1. The maximum Gasteiger partial charge on any atom is 0.341 e. The average Bonchev–Trinajstić information content (AvgIpc) is 3.54. The zero-order valence-electron chi connectivity index (χ0n) is 31.7. The van der Waals surface area contributed by atoms with E-state index < -0.39 is 23.0 Å². The number of anilines is 2. The summed E-state index contributed by atoms with van der Waals surface area (Å²) in [6.07, 6.45) is 4.18. The van der Waals surface area contributed by atoms with Crippen molar-refractivity contribution in [2.75, 3.05) is 17.2 Å². The summed E-state index contributed by atoms with van der Waals surface area (Å²) in [4.78, 5) is 56.6. The molecule has 56 heavy (non-hydrogen) atoms. The van der Waals surface area contributed by atoms with Gasteiger partial charge in [-0.05, 0) is 103 Å². The van der Waals surface area contributed by atoms with Crippen molar-refractivity contribution >= 4 is 79.5 Å². The fraction of sp³-hybridized carbons (Fsp3) is 0.244. The van der Waals surface area contributed by atoms with Gasteiger partial charge in [-0.25, -0.2) is 4.79 Å². The van der Waals surface area contributed by atoms with E-state index in [1.807, 2.05) is 66.7 Å². The summed E-state index contributed by atoms with van der Waals surface area (Å²) in [7, 11) is 0. The topological polar surface area (TPSA) is 114 Å². The van der Waals surface area contributed by atoms with Gasteiger partial charge in [0.05, 0.1) is 12.2 Å². The lowest BCUT2D eigenvalue weighted by Crippen LogP contribution is -2.30. The third-order valence-corrected chi connectivity index (χ3v) is 12.5. The van der Waals surface area contributed by atoms with Crippen LogP contribution in [0, 0.1) is 11.3 Å². The van der Waals surface area contributed by atoms with Crippen LogP contribution in [0.15, 0.2) is 124 Å². The number of carbonyl (C=O) groups excluding carboxylic acids is 4. The number of thioether (sulfide) groups is 1. The van der Waals surface area contributed by atoms with Gasteiger partial charge < -0.3 is 20.7 Å². The fourth-order valence-electron chi connectivity index (χ4n) is 6.60. The summed E-state index contributed by atoms with van der Waals surface area (Å²) in [6.45, 7) is 8.76. The Hall–Kier alpha value is -4.97. The monoisotopic (exact) mass is 849 g/mol. The van der Waals surface area contributed by atoms with Gasteiger partial charge in [0, 0.05) is 25.5 Å². The van der Waals surface area contributed by atoms with Gasteiger partial charge in [0.25, 0.3) is 11.8 Å². The Morgan fingerprint density at radius 2 is 1.62 bits per heavy atom. The van der Waals surface area contributed by atoms with Crippen molar-refractivity contribution in [3.63, 3.8) is 0 Å². The predicted octanol–water partition coefficient (Wildman–Crippen LogP) is 10.7. The van der Waals surface area contributed by atoms with Crippen molar-refractivity contribution in [2.24, 2.45) is 11.3 Å². The lowest BCUT2D eigenvalue weighted by atomic mass is 9.72. The maximum atomic E-state index is 14.4. The van der Waals surface area contributed by atoms with Crippen LogP contribution in [-0.4, -0.2) is 30.3 Å². The van der Waals surface area contributed by atoms with Crippen LogP contribution in [-0.2, 0) is 27.2 Å². The number of ether oxygens (including phenoxy) is 1. The van der Waals surface area contributed by atoms with E-state index in [9.17, 15) is 19.2 Å². The maximum absolute atomic E-state index is 14.4. The van der Waals surface area contributed by atoms with Gasteiger partial charge >= 0.3 is 5.97 Å². The van der Waals surface area contributed by atoms with Gasteiger partial charge in [0.1, 0.15) is 15.9 Å². The number of fused-ring (bicyclic) bond motifs is 1. The molecule has 3 amide bonds. The number of nitrogens with one attached hydrogen (secondary N) is 3. The van der Waals surface area contributed by atoms with Crippen LogP contribution in [0.3, 0.4) is 0 Å². The largest absolute Gasteiger partial charge is 0.462 e. The van der Waals surface area contributed by atoms with E-state index in [2.05, 4.69) is 52.7 Å². The lowest BCUT2D eigenvalue weighted by molar-refractivity contribution is -0.116. The molecule has 0 bridgehead atoms.